The maximum absolute atomic E-state index is 4.50. The molecule has 0 aliphatic rings. The highest BCUT2D eigenvalue weighted by Gasteiger charge is 2.05. The van der Waals surface area contributed by atoms with Crippen molar-refractivity contribution in [2.45, 2.75) is 26.4 Å². The minimum Gasteiger partial charge on any atom is -0.352 e. The van der Waals surface area contributed by atoms with Crippen molar-refractivity contribution in [1.29, 1.82) is 0 Å². The van der Waals surface area contributed by atoms with E-state index in [9.17, 15) is 0 Å². The van der Waals surface area contributed by atoms with Crippen LogP contribution in [-0.2, 0) is 19.5 Å². The number of para-hydroxylation sites is 1. The van der Waals surface area contributed by atoms with Gasteiger partial charge in [-0.2, -0.15) is 0 Å². The van der Waals surface area contributed by atoms with E-state index in [1.807, 2.05) is 12.3 Å². The summed E-state index contributed by atoms with van der Waals surface area (Å²) in [7, 11) is 1.79. The number of rotatable bonds is 5. The Morgan fingerprint density at radius 1 is 0.880 bits per heavy atom. The molecule has 2 N–H and O–H groups in total. The molecule has 0 atom stereocenters. The number of guanidine groups is 1. The molecule has 0 fully saturated rings. The standard InChI is InChI=1S/C21H24N4/c1-3-16-8-4-5-9-18(16)14-24-21(22-2)25-15-19-11-6-10-17-12-7-13-23-20(17)19/h4-13H,3,14-15H2,1-2H3,(H2,22,24,25). The van der Waals surface area contributed by atoms with Crippen LogP contribution >= 0.6 is 0 Å². The lowest BCUT2D eigenvalue weighted by Crippen LogP contribution is -2.36. The summed E-state index contributed by atoms with van der Waals surface area (Å²) in [5, 5.41) is 7.94. The zero-order valence-corrected chi connectivity index (χ0v) is 14.8. The Morgan fingerprint density at radius 2 is 1.56 bits per heavy atom. The molecule has 3 aromatic rings. The predicted molar refractivity (Wildman–Crippen MR) is 105 cm³/mol. The molecule has 4 nitrogen and oxygen atoms in total. The van der Waals surface area contributed by atoms with E-state index in [2.05, 4.69) is 76.1 Å². The molecule has 3 rings (SSSR count). The van der Waals surface area contributed by atoms with Crippen LogP contribution in [0.25, 0.3) is 10.9 Å². The van der Waals surface area contributed by atoms with Gasteiger partial charge in [0.2, 0.25) is 0 Å². The van der Waals surface area contributed by atoms with Crippen LogP contribution in [0.4, 0.5) is 0 Å². The van der Waals surface area contributed by atoms with Crippen LogP contribution < -0.4 is 10.6 Å². The second-order valence-electron chi connectivity index (χ2n) is 5.89. The molecule has 0 spiro atoms. The van der Waals surface area contributed by atoms with Gasteiger partial charge in [0.05, 0.1) is 5.52 Å². The van der Waals surface area contributed by atoms with Crippen molar-refractivity contribution >= 4 is 16.9 Å². The third kappa shape index (κ3) is 4.15. The van der Waals surface area contributed by atoms with E-state index in [1.54, 1.807) is 7.05 Å². The van der Waals surface area contributed by atoms with Gasteiger partial charge < -0.3 is 10.6 Å². The Balaban J connectivity index is 1.65. The summed E-state index contributed by atoms with van der Waals surface area (Å²) in [6.07, 6.45) is 2.87. The molecule has 1 heterocycles. The van der Waals surface area contributed by atoms with Crippen LogP contribution in [-0.4, -0.2) is 18.0 Å². The van der Waals surface area contributed by atoms with E-state index in [-0.39, 0.29) is 0 Å². The summed E-state index contributed by atoms with van der Waals surface area (Å²) in [5.74, 6) is 0.791. The third-order valence-corrected chi connectivity index (χ3v) is 4.33. The van der Waals surface area contributed by atoms with Gasteiger partial charge >= 0.3 is 0 Å². The zero-order chi connectivity index (χ0) is 17.5. The second kappa shape index (κ2) is 8.29. The zero-order valence-electron chi connectivity index (χ0n) is 14.8. The number of aromatic nitrogens is 1. The number of benzene rings is 2. The highest BCUT2D eigenvalue weighted by molar-refractivity contribution is 5.83. The summed E-state index contributed by atoms with van der Waals surface area (Å²) >= 11 is 0. The van der Waals surface area contributed by atoms with E-state index < -0.39 is 0 Å². The van der Waals surface area contributed by atoms with Crippen LogP contribution in [0.5, 0.6) is 0 Å². The molecule has 4 heteroatoms. The molecule has 0 radical (unpaired) electrons. The first-order chi connectivity index (χ1) is 12.3. The van der Waals surface area contributed by atoms with Gasteiger partial charge in [0.1, 0.15) is 0 Å². The largest absolute Gasteiger partial charge is 0.352 e. The quantitative estimate of drug-likeness (QED) is 0.554. The van der Waals surface area contributed by atoms with Gasteiger partial charge in [-0.15, -0.1) is 0 Å². The van der Waals surface area contributed by atoms with E-state index >= 15 is 0 Å². The van der Waals surface area contributed by atoms with Gasteiger partial charge in [-0.1, -0.05) is 55.5 Å². The topological polar surface area (TPSA) is 49.3 Å². The minimum absolute atomic E-state index is 0.684. The Hall–Kier alpha value is -2.88. The molecule has 0 aliphatic carbocycles. The Labute approximate surface area is 149 Å². The number of hydrogen-bond acceptors (Lipinski definition) is 2. The smallest absolute Gasteiger partial charge is 0.191 e. The summed E-state index contributed by atoms with van der Waals surface area (Å²) in [4.78, 5) is 8.83. The summed E-state index contributed by atoms with van der Waals surface area (Å²) < 4.78 is 0. The number of nitrogens with one attached hydrogen (secondary N) is 2. The van der Waals surface area contributed by atoms with Crippen LogP contribution in [0.1, 0.15) is 23.6 Å². The highest BCUT2D eigenvalue weighted by atomic mass is 15.2. The molecular formula is C21H24N4. The van der Waals surface area contributed by atoms with Crippen LogP contribution in [0, 0.1) is 0 Å². The van der Waals surface area contributed by atoms with E-state index in [1.165, 1.54) is 11.1 Å². The fraction of sp³-hybridized carbons (Fsp3) is 0.238. The van der Waals surface area contributed by atoms with E-state index in [4.69, 9.17) is 0 Å². The number of hydrogen-bond donors (Lipinski definition) is 2. The fourth-order valence-electron chi connectivity index (χ4n) is 2.96. The molecule has 0 unspecified atom stereocenters. The second-order valence-corrected chi connectivity index (χ2v) is 5.89. The number of aryl methyl sites for hydroxylation is 1. The van der Waals surface area contributed by atoms with Crippen molar-refractivity contribution < 1.29 is 0 Å². The molecule has 0 saturated heterocycles. The molecule has 128 valence electrons. The minimum atomic E-state index is 0.684. The van der Waals surface area contributed by atoms with Crippen LogP contribution in [0.15, 0.2) is 65.8 Å². The summed E-state index contributed by atoms with van der Waals surface area (Å²) in [5.41, 5.74) is 4.86. The molecule has 0 saturated carbocycles. The van der Waals surface area contributed by atoms with Crippen LogP contribution in [0.3, 0.4) is 0 Å². The Bertz CT molecular complexity index is 865. The van der Waals surface area contributed by atoms with Crippen molar-refractivity contribution in [2.24, 2.45) is 4.99 Å². The lowest BCUT2D eigenvalue weighted by molar-refractivity contribution is 0.804. The van der Waals surface area contributed by atoms with Gasteiger partial charge in [0, 0.05) is 31.7 Å². The maximum Gasteiger partial charge on any atom is 0.191 e. The molecule has 2 aromatic carbocycles. The normalized spacial score (nSPS) is 11.5. The molecule has 0 aliphatic heterocycles. The maximum atomic E-state index is 4.50. The van der Waals surface area contributed by atoms with Crippen LogP contribution in [0.2, 0.25) is 0 Å². The number of fused-ring (bicyclic) bond motifs is 1. The number of pyridine rings is 1. The van der Waals surface area contributed by atoms with E-state index in [0.29, 0.717) is 6.54 Å². The molecule has 0 bridgehead atoms. The first-order valence-electron chi connectivity index (χ1n) is 8.65. The summed E-state index contributed by atoms with van der Waals surface area (Å²) in [6, 6.07) is 18.8. The first kappa shape index (κ1) is 17.0. The lowest BCUT2D eigenvalue weighted by atomic mass is 10.1. The molecular weight excluding hydrogens is 308 g/mol. The van der Waals surface area contributed by atoms with Gasteiger partial charge in [-0.3, -0.25) is 9.98 Å². The van der Waals surface area contributed by atoms with Crippen molar-refractivity contribution in [2.75, 3.05) is 7.05 Å². The van der Waals surface area contributed by atoms with Crippen molar-refractivity contribution in [3.8, 4) is 0 Å². The third-order valence-electron chi connectivity index (χ3n) is 4.33. The number of aliphatic imine (C=N–C) groups is 1. The molecule has 1 aromatic heterocycles. The van der Waals surface area contributed by atoms with Gasteiger partial charge in [0.25, 0.3) is 0 Å². The average Bonchev–Trinajstić information content (AvgIpc) is 2.68. The lowest BCUT2D eigenvalue weighted by Gasteiger charge is -2.14. The number of nitrogens with zero attached hydrogens (tertiary/aromatic N) is 2. The van der Waals surface area contributed by atoms with Gasteiger partial charge in [-0.05, 0) is 29.2 Å². The summed E-state index contributed by atoms with van der Waals surface area (Å²) in [6.45, 7) is 3.63. The highest BCUT2D eigenvalue weighted by Crippen LogP contribution is 2.15. The Kier molecular flexibility index (Phi) is 5.62. The van der Waals surface area contributed by atoms with E-state index in [0.717, 1.165) is 35.4 Å². The van der Waals surface area contributed by atoms with Crippen molar-refractivity contribution in [3.05, 3.63) is 77.5 Å². The first-order valence-corrected chi connectivity index (χ1v) is 8.65. The van der Waals surface area contributed by atoms with Crippen molar-refractivity contribution in [1.82, 2.24) is 15.6 Å². The SMILES string of the molecule is CCc1ccccc1CNC(=NC)NCc1cccc2cccnc12. The average molecular weight is 332 g/mol. The molecule has 0 amide bonds. The molecule has 25 heavy (non-hydrogen) atoms. The Morgan fingerprint density at radius 3 is 2.32 bits per heavy atom. The van der Waals surface area contributed by atoms with Gasteiger partial charge in [0.15, 0.2) is 5.96 Å². The predicted octanol–water partition coefficient (Wildman–Crippen LogP) is 3.66. The monoisotopic (exact) mass is 332 g/mol. The van der Waals surface area contributed by atoms with Gasteiger partial charge in [-0.25, -0.2) is 0 Å². The van der Waals surface area contributed by atoms with Crippen molar-refractivity contribution in [3.63, 3.8) is 0 Å². The fourth-order valence-corrected chi connectivity index (χ4v) is 2.96.